The van der Waals surface area contributed by atoms with Crippen molar-refractivity contribution < 1.29 is 0 Å². The van der Waals surface area contributed by atoms with Crippen LogP contribution in [0.5, 0.6) is 0 Å². The van der Waals surface area contributed by atoms with E-state index in [1.54, 1.807) is 0 Å². The van der Waals surface area contributed by atoms with Crippen LogP contribution < -0.4 is 5.32 Å². The highest BCUT2D eigenvalue weighted by atomic mass is 79.9. The van der Waals surface area contributed by atoms with E-state index in [1.165, 1.54) is 34.9 Å². The van der Waals surface area contributed by atoms with Gasteiger partial charge >= 0.3 is 0 Å². The second-order valence-electron chi connectivity index (χ2n) is 4.83. The first-order chi connectivity index (χ1) is 8.19. The number of rotatable bonds is 4. The maximum absolute atomic E-state index is 3.67. The molecule has 3 heteroatoms. The van der Waals surface area contributed by atoms with Gasteiger partial charge in [-0.25, -0.2) is 0 Å². The monoisotopic (exact) mass is 313 g/mol. The number of benzene rings is 1. The van der Waals surface area contributed by atoms with Crippen molar-refractivity contribution in [2.75, 3.05) is 6.26 Å². The van der Waals surface area contributed by atoms with Crippen LogP contribution in [0.25, 0.3) is 0 Å². The first kappa shape index (κ1) is 13.4. The van der Waals surface area contributed by atoms with E-state index in [0.717, 1.165) is 11.8 Å². The molecule has 1 aromatic carbocycles. The minimum atomic E-state index is 0.715. The van der Waals surface area contributed by atoms with E-state index in [2.05, 4.69) is 52.6 Å². The molecule has 1 N–H and O–H groups in total. The predicted octanol–water partition coefficient (Wildman–Crippen LogP) is 4.13. The van der Waals surface area contributed by atoms with Gasteiger partial charge in [0.1, 0.15) is 0 Å². The summed E-state index contributed by atoms with van der Waals surface area (Å²) in [6.45, 7) is 3.12. The third kappa shape index (κ3) is 3.73. The second-order valence-corrected chi connectivity index (χ2v) is 6.82. The molecule has 0 amide bonds. The molecular weight excluding hydrogens is 294 g/mol. The SMILES string of the molecule is CSC1CCC(NCc2ccc(C)c(Br)c2)C1. The Morgan fingerprint density at radius 1 is 1.41 bits per heavy atom. The van der Waals surface area contributed by atoms with Gasteiger partial charge in [-0.05, 0) is 49.6 Å². The smallest absolute Gasteiger partial charge is 0.0208 e. The van der Waals surface area contributed by atoms with E-state index in [-0.39, 0.29) is 0 Å². The Kier molecular flexibility index (Phi) is 4.95. The van der Waals surface area contributed by atoms with Gasteiger partial charge in [0.15, 0.2) is 0 Å². The molecule has 0 aromatic heterocycles. The highest BCUT2D eigenvalue weighted by Crippen LogP contribution is 2.28. The summed E-state index contributed by atoms with van der Waals surface area (Å²) in [5, 5.41) is 4.55. The second kappa shape index (κ2) is 6.26. The Bertz CT molecular complexity index is 380. The first-order valence-electron chi connectivity index (χ1n) is 6.20. The van der Waals surface area contributed by atoms with Gasteiger partial charge in [0.25, 0.3) is 0 Å². The molecule has 0 spiro atoms. The zero-order valence-electron chi connectivity index (χ0n) is 10.5. The van der Waals surface area contributed by atoms with Crippen LogP contribution in [0.1, 0.15) is 30.4 Å². The minimum Gasteiger partial charge on any atom is -0.310 e. The third-order valence-electron chi connectivity index (χ3n) is 3.55. The lowest BCUT2D eigenvalue weighted by Crippen LogP contribution is -2.26. The number of aryl methyl sites for hydroxylation is 1. The van der Waals surface area contributed by atoms with Gasteiger partial charge in [-0.3, -0.25) is 0 Å². The largest absolute Gasteiger partial charge is 0.310 e. The first-order valence-corrected chi connectivity index (χ1v) is 8.28. The van der Waals surface area contributed by atoms with Crippen molar-refractivity contribution in [3.8, 4) is 0 Å². The molecule has 0 bridgehead atoms. The fourth-order valence-electron chi connectivity index (χ4n) is 2.35. The summed E-state index contributed by atoms with van der Waals surface area (Å²) < 4.78 is 1.21. The minimum absolute atomic E-state index is 0.715. The summed E-state index contributed by atoms with van der Waals surface area (Å²) in [5.74, 6) is 0. The van der Waals surface area contributed by atoms with Gasteiger partial charge in [-0.2, -0.15) is 11.8 Å². The summed E-state index contributed by atoms with van der Waals surface area (Å²) in [7, 11) is 0. The summed E-state index contributed by atoms with van der Waals surface area (Å²) >= 11 is 5.60. The van der Waals surface area contributed by atoms with E-state index in [9.17, 15) is 0 Å². The molecule has 0 aliphatic heterocycles. The molecule has 2 atom stereocenters. The molecule has 1 fully saturated rings. The molecule has 1 saturated carbocycles. The molecule has 1 aliphatic carbocycles. The summed E-state index contributed by atoms with van der Waals surface area (Å²) in [6.07, 6.45) is 6.26. The molecule has 0 saturated heterocycles. The van der Waals surface area contributed by atoms with Crippen LogP contribution in [-0.2, 0) is 6.54 Å². The average Bonchev–Trinajstić information content (AvgIpc) is 2.79. The Labute approximate surface area is 117 Å². The van der Waals surface area contributed by atoms with Gasteiger partial charge < -0.3 is 5.32 Å². The summed E-state index contributed by atoms with van der Waals surface area (Å²) in [5.41, 5.74) is 2.67. The van der Waals surface area contributed by atoms with Gasteiger partial charge in [-0.1, -0.05) is 28.1 Å². The van der Waals surface area contributed by atoms with Crippen molar-refractivity contribution in [1.82, 2.24) is 5.32 Å². The Morgan fingerprint density at radius 2 is 2.24 bits per heavy atom. The number of hydrogen-bond donors (Lipinski definition) is 1. The van der Waals surface area contributed by atoms with E-state index < -0.39 is 0 Å². The van der Waals surface area contributed by atoms with Crippen molar-refractivity contribution in [2.45, 2.75) is 44.0 Å². The summed E-state index contributed by atoms with van der Waals surface area (Å²) in [6, 6.07) is 7.34. The topological polar surface area (TPSA) is 12.0 Å². The quantitative estimate of drug-likeness (QED) is 0.897. The van der Waals surface area contributed by atoms with Crippen LogP contribution in [0, 0.1) is 6.92 Å². The Hall–Kier alpha value is 0.01000. The Balaban J connectivity index is 1.84. The van der Waals surface area contributed by atoms with Crippen molar-refractivity contribution in [3.63, 3.8) is 0 Å². The lowest BCUT2D eigenvalue weighted by molar-refractivity contribution is 0.525. The van der Waals surface area contributed by atoms with Crippen LogP contribution in [0.2, 0.25) is 0 Å². The number of thioether (sulfide) groups is 1. The maximum atomic E-state index is 3.67. The molecule has 17 heavy (non-hydrogen) atoms. The zero-order chi connectivity index (χ0) is 12.3. The standard InChI is InChI=1S/C14H20BrNS/c1-10-3-4-11(7-14(10)15)9-16-12-5-6-13(8-12)17-2/h3-4,7,12-13,16H,5-6,8-9H2,1-2H3. The molecule has 1 aromatic rings. The van der Waals surface area contributed by atoms with Crippen molar-refractivity contribution in [1.29, 1.82) is 0 Å². The van der Waals surface area contributed by atoms with E-state index in [1.807, 2.05) is 11.8 Å². The zero-order valence-corrected chi connectivity index (χ0v) is 12.9. The molecule has 0 heterocycles. The van der Waals surface area contributed by atoms with Crippen LogP contribution in [0.3, 0.4) is 0 Å². The van der Waals surface area contributed by atoms with Crippen LogP contribution in [0.4, 0.5) is 0 Å². The lowest BCUT2D eigenvalue weighted by atomic mass is 10.1. The molecule has 1 aliphatic rings. The van der Waals surface area contributed by atoms with Gasteiger partial charge in [0.05, 0.1) is 0 Å². The van der Waals surface area contributed by atoms with E-state index in [4.69, 9.17) is 0 Å². The molecule has 2 unspecified atom stereocenters. The highest BCUT2D eigenvalue weighted by Gasteiger charge is 2.23. The van der Waals surface area contributed by atoms with Crippen molar-refractivity contribution in [2.24, 2.45) is 0 Å². The van der Waals surface area contributed by atoms with E-state index in [0.29, 0.717) is 6.04 Å². The van der Waals surface area contributed by atoms with E-state index >= 15 is 0 Å². The van der Waals surface area contributed by atoms with Gasteiger partial charge in [0, 0.05) is 22.3 Å². The van der Waals surface area contributed by atoms with Crippen LogP contribution in [0.15, 0.2) is 22.7 Å². The molecule has 0 radical (unpaired) electrons. The molecule has 1 nitrogen and oxygen atoms in total. The Morgan fingerprint density at radius 3 is 2.88 bits per heavy atom. The predicted molar refractivity (Wildman–Crippen MR) is 80.7 cm³/mol. The molecule has 94 valence electrons. The van der Waals surface area contributed by atoms with Crippen molar-refractivity contribution in [3.05, 3.63) is 33.8 Å². The number of hydrogen-bond acceptors (Lipinski definition) is 2. The fraction of sp³-hybridized carbons (Fsp3) is 0.571. The highest BCUT2D eigenvalue weighted by molar-refractivity contribution is 9.10. The average molecular weight is 314 g/mol. The summed E-state index contributed by atoms with van der Waals surface area (Å²) in [4.78, 5) is 0. The fourth-order valence-corrected chi connectivity index (χ4v) is 3.57. The molecular formula is C14H20BrNS. The van der Waals surface area contributed by atoms with Crippen LogP contribution >= 0.6 is 27.7 Å². The van der Waals surface area contributed by atoms with Crippen LogP contribution in [-0.4, -0.2) is 17.5 Å². The lowest BCUT2D eigenvalue weighted by Gasteiger charge is -2.13. The maximum Gasteiger partial charge on any atom is 0.0208 e. The normalized spacial score (nSPS) is 24.2. The third-order valence-corrected chi connectivity index (χ3v) is 5.50. The number of halogens is 1. The van der Waals surface area contributed by atoms with Crippen molar-refractivity contribution >= 4 is 27.7 Å². The number of nitrogens with one attached hydrogen (secondary N) is 1. The molecule has 2 rings (SSSR count). The van der Waals surface area contributed by atoms with Gasteiger partial charge in [-0.15, -0.1) is 0 Å². The van der Waals surface area contributed by atoms with Gasteiger partial charge in [0.2, 0.25) is 0 Å².